The maximum Gasteiger partial charge on any atom is 0.217 e. The molecule has 5 heteroatoms. The molecule has 0 saturated heterocycles. The molecule has 0 heterocycles. The second-order valence-corrected chi connectivity index (χ2v) is 3.29. The monoisotopic (exact) mass is 224 g/mol. The minimum Gasteiger partial charge on any atom is -0.463 e. The number of anilines is 1. The summed E-state index contributed by atoms with van der Waals surface area (Å²) in [5.74, 6) is 0.482. The van der Waals surface area contributed by atoms with Crippen LogP contribution in [0.5, 0.6) is 5.75 Å². The van der Waals surface area contributed by atoms with Crippen molar-refractivity contribution in [2.45, 2.75) is 13.2 Å². The van der Waals surface area contributed by atoms with Crippen LogP contribution in [-0.4, -0.2) is 25.9 Å². The third kappa shape index (κ3) is 4.18. The highest BCUT2D eigenvalue weighted by Crippen LogP contribution is 2.15. The van der Waals surface area contributed by atoms with E-state index in [-0.39, 0.29) is 5.91 Å². The van der Waals surface area contributed by atoms with Crippen molar-refractivity contribution >= 4 is 11.6 Å². The zero-order valence-electron chi connectivity index (χ0n) is 9.40. The van der Waals surface area contributed by atoms with Crippen molar-refractivity contribution in [2.24, 2.45) is 0 Å². The Hall–Kier alpha value is -1.75. The molecule has 0 saturated carbocycles. The summed E-state index contributed by atoms with van der Waals surface area (Å²) >= 11 is 0. The fourth-order valence-electron chi connectivity index (χ4n) is 1.14. The Labute approximate surface area is 94.5 Å². The summed E-state index contributed by atoms with van der Waals surface area (Å²) in [5, 5.41) is 2.61. The van der Waals surface area contributed by atoms with Gasteiger partial charge in [-0.3, -0.25) is 4.79 Å². The molecule has 3 N–H and O–H groups in total. The van der Waals surface area contributed by atoms with Gasteiger partial charge in [0, 0.05) is 25.8 Å². The van der Waals surface area contributed by atoms with Crippen LogP contribution in [0.4, 0.5) is 5.69 Å². The van der Waals surface area contributed by atoms with Gasteiger partial charge in [0.15, 0.2) is 0 Å². The molecule has 1 unspecified atom stereocenters. The second-order valence-electron chi connectivity index (χ2n) is 3.29. The molecule has 5 nitrogen and oxygen atoms in total. The van der Waals surface area contributed by atoms with Gasteiger partial charge in [0.1, 0.15) is 5.75 Å². The summed E-state index contributed by atoms with van der Waals surface area (Å²) in [7, 11) is 1.51. The number of carbonyl (C=O) groups is 1. The van der Waals surface area contributed by atoms with E-state index in [1.807, 2.05) is 0 Å². The molecule has 0 fully saturated rings. The normalized spacial score (nSPS) is 11.9. The van der Waals surface area contributed by atoms with Crippen LogP contribution in [0, 0.1) is 0 Å². The van der Waals surface area contributed by atoms with Crippen molar-refractivity contribution in [1.82, 2.24) is 5.32 Å². The maximum atomic E-state index is 10.7. The van der Waals surface area contributed by atoms with Crippen LogP contribution in [0.15, 0.2) is 24.3 Å². The zero-order chi connectivity index (χ0) is 12.0. The molecule has 1 amide bonds. The van der Waals surface area contributed by atoms with Gasteiger partial charge < -0.3 is 20.5 Å². The van der Waals surface area contributed by atoms with Gasteiger partial charge in [-0.1, -0.05) is 6.07 Å². The summed E-state index contributed by atoms with van der Waals surface area (Å²) in [6.07, 6.45) is -0.523. The zero-order valence-corrected chi connectivity index (χ0v) is 9.40. The molecule has 0 aliphatic carbocycles. The highest BCUT2D eigenvalue weighted by Gasteiger charge is 2.09. The van der Waals surface area contributed by atoms with E-state index in [0.717, 1.165) is 0 Å². The summed E-state index contributed by atoms with van der Waals surface area (Å²) in [6, 6.07) is 7.02. The first-order valence-corrected chi connectivity index (χ1v) is 4.91. The largest absolute Gasteiger partial charge is 0.463 e. The van der Waals surface area contributed by atoms with E-state index in [2.05, 4.69) is 5.32 Å². The highest BCUT2D eigenvalue weighted by atomic mass is 16.7. The van der Waals surface area contributed by atoms with E-state index in [0.29, 0.717) is 18.0 Å². The quantitative estimate of drug-likeness (QED) is 0.572. The lowest BCUT2D eigenvalue weighted by molar-refractivity contribution is -0.121. The molecule has 0 bridgehead atoms. The summed E-state index contributed by atoms with van der Waals surface area (Å²) < 4.78 is 10.5. The Balaban J connectivity index is 2.52. The van der Waals surface area contributed by atoms with Crippen LogP contribution in [-0.2, 0) is 9.53 Å². The Kier molecular flexibility index (Phi) is 4.60. The predicted molar refractivity (Wildman–Crippen MR) is 61.0 cm³/mol. The molecule has 16 heavy (non-hydrogen) atoms. The molecule has 0 spiro atoms. The van der Waals surface area contributed by atoms with Crippen molar-refractivity contribution in [1.29, 1.82) is 0 Å². The Morgan fingerprint density at radius 2 is 2.31 bits per heavy atom. The van der Waals surface area contributed by atoms with Crippen LogP contribution >= 0.6 is 0 Å². The molecule has 0 aliphatic rings. The number of amides is 1. The third-order valence-electron chi connectivity index (χ3n) is 1.91. The van der Waals surface area contributed by atoms with Crippen molar-refractivity contribution in [3.05, 3.63) is 24.3 Å². The number of carbonyl (C=O) groups excluding carboxylic acids is 1. The number of nitrogen functional groups attached to an aromatic ring is 1. The maximum absolute atomic E-state index is 10.7. The van der Waals surface area contributed by atoms with E-state index >= 15 is 0 Å². The average Bonchev–Trinajstić information content (AvgIpc) is 2.24. The van der Waals surface area contributed by atoms with Gasteiger partial charge in [-0.15, -0.1) is 0 Å². The number of ether oxygens (including phenoxy) is 2. The lowest BCUT2D eigenvalue weighted by Gasteiger charge is -2.17. The number of hydrogen-bond donors (Lipinski definition) is 2. The van der Waals surface area contributed by atoms with Gasteiger partial charge in [-0.2, -0.15) is 0 Å². The number of benzene rings is 1. The molecule has 0 aromatic heterocycles. The molecular formula is C11H16N2O3. The van der Waals surface area contributed by atoms with Gasteiger partial charge >= 0.3 is 0 Å². The van der Waals surface area contributed by atoms with Crippen molar-refractivity contribution < 1.29 is 14.3 Å². The Bertz CT molecular complexity index is 355. The van der Waals surface area contributed by atoms with Gasteiger partial charge in [0.25, 0.3) is 0 Å². The van der Waals surface area contributed by atoms with Gasteiger partial charge in [-0.25, -0.2) is 0 Å². The molecule has 1 aromatic rings. The van der Waals surface area contributed by atoms with Crippen molar-refractivity contribution in [3.8, 4) is 5.75 Å². The van der Waals surface area contributed by atoms with E-state index < -0.39 is 6.29 Å². The van der Waals surface area contributed by atoms with Crippen molar-refractivity contribution in [2.75, 3.05) is 19.4 Å². The molecule has 1 atom stereocenters. The molecule has 88 valence electrons. The van der Waals surface area contributed by atoms with Crippen LogP contribution in [0.1, 0.15) is 6.92 Å². The minimum absolute atomic E-state index is 0.127. The lowest BCUT2D eigenvalue weighted by atomic mass is 10.3. The molecule has 1 rings (SSSR count). The smallest absolute Gasteiger partial charge is 0.217 e. The lowest BCUT2D eigenvalue weighted by Crippen LogP contribution is -2.35. The Morgan fingerprint density at radius 3 is 2.88 bits per heavy atom. The van der Waals surface area contributed by atoms with Gasteiger partial charge in [0.05, 0.1) is 6.54 Å². The number of hydrogen-bond acceptors (Lipinski definition) is 4. The van der Waals surface area contributed by atoms with Gasteiger partial charge in [0.2, 0.25) is 12.2 Å². The van der Waals surface area contributed by atoms with E-state index in [4.69, 9.17) is 15.2 Å². The molecular weight excluding hydrogens is 208 g/mol. The fraction of sp³-hybridized carbons (Fsp3) is 0.364. The van der Waals surface area contributed by atoms with Crippen LogP contribution in [0.2, 0.25) is 0 Å². The van der Waals surface area contributed by atoms with E-state index in [9.17, 15) is 4.79 Å². The van der Waals surface area contributed by atoms with Crippen LogP contribution in [0.3, 0.4) is 0 Å². The highest BCUT2D eigenvalue weighted by molar-refractivity contribution is 5.72. The van der Waals surface area contributed by atoms with Crippen LogP contribution < -0.4 is 15.8 Å². The average molecular weight is 224 g/mol. The standard InChI is InChI=1S/C11H16N2O3/c1-8(14)13-7-11(15-2)16-10-5-3-4-9(12)6-10/h3-6,11H,7,12H2,1-2H3,(H,13,14). The van der Waals surface area contributed by atoms with E-state index in [1.165, 1.54) is 14.0 Å². The number of nitrogens with two attached hydrogens (primary N) is 1. The number of methoxy groups -OCH3 is 1. The molecule has 0 aliphatic heterocycles. The first-order valence-electron chi connectivity index (χ1n) is 4.91. The molecule has 0 radical (unpaired) electrons. The predicted octanol–water partition coefficient (Wildman–Crippen LogP) is 0.756. The first kappa shape index (κ1) is 12.3. The summed E-state index contributed by atoms with van der Waals surface area (Å²) in [5.41, 5.74) is 6.22. The second kappa shape index (κ2) is 5.97. The third-order valence-corrected chi connectivity index (χ3v) is 1.91. The Morgan fingerprint density at radius 1 is 1.56 bits per heavy atom. The van der Waals surface area contributed by atoms with Crippen molar-refractivity contribution in [3.63, 3.8) is 0 Å². The number of nitrogens with one attached hydrogen (secondary N) is 1. The van der Waals surface area contributed by atoms with E-state index in [1.54, 1.807) is 24.3 Å². The fourth-order valence-corrected chi connectivity index (χ4v) is 1.14. The SMILES string of the molecule is COC(CNC(C)=O)Oc1cccc(N)c1. The molecule has 1 aromatic carbocycles. The first-order chi connectivity index (χ1) is 7.61. The van der Waals surface area contributed by atoms with Gasteiger partial charge in [-0.05, 0) is 12.1 Å². The topological polar surface area (TPSA) is 73.6 Å². The summed E-state index contributed by atoms with van der Waals surface area (Å²) in [4.78, 5) is 10.7. The van der Waals surface area contributed by atoms with Crippen LogP contribution in [0.25, 0.3) is 0 Å². The number of rotatable bonds is 5. The summed E-state index contributed by atoms with van der Waals surface area (Å²) in [6.45, 7) is 1.73. The minimum atomic E-state index is -0.523.